The van der Waals surface area contributed by atoms with Gasteiger partial charge in [-0.15, -0.1) is 0 Å². The summed E-state index contributed by atoms with van der Waals surface area (Å²) in [4.78, 5) is 0. The van der Waals surface area contributed by atoms with E-state index in [-0.39, 0.29) is 0 Å². The summed E-state index contributed by atoms with van der Waals surface area (Å²) in [5.41, 5.74) is 0. The number of hydrogen-bond donors (Lipinski definition) is 0. The molecule has 0 radical (unpaired) electrons. The third-order valence-electron chi connectivity index (χ3n) is 4.65. The zero-order chi connectivity index (χ0) is 14.9. The molecule has 0 fully saturated rings. The molecule has 2 aliphatic rings. The van der Waals surface area contributed by atoms with Crippen LogP contribution in [0.3, 0.4) is 0 Å². The number of hydrogen-bond acceptors (Lipinski definition) is 1. The van der Waals surface area contributed by atoms with E-state index in [4.69, 9.17) is 17.2 Å². The van der Waals surface area contributed by atoms with Crippen LogP contribution >= 0.6 is 17.2 Å². The fourth-order valence-corrected chi connectivity index (χ4v) is 26.8. The first-order valence-corrected chi connectivity index (χ1v) is 23.0. The molecule has 0 saturated carbocycles. The molecule has 0 aromatic carbocycles. The molecule has 0 aliphatic heterocycles. The van der Waals surface area contributed by atoms with Crippen LogP contribution in [0.25, 0.3) is 0 Å². The summed E-state index contributed by atoms with van der Waals surface area (Å²) in [5, 5.41) is 0. The van der Waals surface area contributed by atoms with Gasteiger partial charge in [0, 0.05) is 0 Å². The predicted molar refractivity (Wildman–Crippen MR) is 88.4 cm³/mol. The Kier molecular flexibility index (Phi) is 4.01. The first-order chi connectivity index (χ1) is 9.31. The molecule has 2 aliphatic carbocycles. The van der Waals surface area contributed by atoms with Gasteiger partial charge in [0.25, 0.3) is 0 Å². The second kappa shape index (κ2) is 4.95. The fourth-order valence-electron chi connectivity index (χ4n) is 3.16. The van der Waals surface area contributed by atoms with Crippen molar-refractivity contribution in [1.29, 1.82) is 0 Å². The average Bonchev–Trinajstić information content (AvgIpc) is 3.09. The van der Waals surface area contributed by atoms with Crippen LogP contribution in [0, 0.1) is 0 Å². The van der Waals surface area contributed by atoms with Gasteiger partial charge in [-0.3, -0.25) is 0 Å². The van der Waals surface area contributed by atoms with Crippen molar-refractivity contribution in [2.24, 2.45) is 0 Å². The molecule has 108 valence electrons. The van der Waals surface area contributed by atoms with Crippen molar-refractivity contribution >= 4 is 17.2 Å². The van der Waals surface area contributed by atoms with Gasteiger partial charge in [0.2, 0.25) is 0 Å². The normalized spacial score (nSPS) is 22.1. The van der Waals surface area contributed by atoms with Crippen LogP contribution < -0.4 is 0 Å². The Labute approximate surface area is 127 Å². The molecule has 0 saturated heterocycles. The zero-order valence-corrected chi connectivity index (χ0v) is 17.1. The molecule has 0 amide bonds. The van der Waals surface area contributed by atoms with Gasteiger partial charge in [-0.25, -0.2) is 0 Å². The van der Waals surface area contributed by atoms with Crippen molar-refractivity contribution in [3.05, 3.63) is 65.7 Å². The first kappa shape index (κ1) is 16.2. The molecule has 2 rings (SSSR count). The number of halogens is 2. The molecule has 20 heavy (non-hydrogen) atoms. The van der Waals surface area contributed by atoms with E-state index in [1.54, 1.807) is 6.08 Å². The second-order valence-corrected chi connectivity index (χ2v) is 43.5. The van der Waals surface area contributed by atoms with Crippen molar-refractivity contribution in [2.45, 2.75) is 12.8 Å². The summed E-state index contributed by atoms with van der Waals surface area (Å²) in [5.74, 6) is 0. The predicted octanol–water partition coefficient (Wildman–Crippen LogP) is 5.38. The van der Waals surface area contributed by atoms with Crippen molar-refractivity contribution in [2.75, 3.05) is 14.1 Å². The van der Waals surface area contributed by atoms with E-state index in [2.05, 4.69) is 33.8 Å². The van der Waals surface area contributed by atoms with E-state index in [1.807, 2.05) is 36.2 Å². The summed E-state index contributed by atoms with van der Waals surface area (Å²) < 4.78 is 6.40. The van der Waals surface area contributed by atoms with Crippen LogP contribution in [0.1, 0.15) is 12.8 Å². The maximum absolute atomic E-state index is 7.53. The van der Waals surface area contributed by atoms with E-state index in [0.717, 1.165) is 19.5 Å². The fraction of sp³-hybridized carbons (Fsp3) is 0.250. The molecule has 0 unspecified atom stereocenters. The van der Waals surface area contributed by atoms with Crippen LogP contribution in [0.4, 0.5) is 0 Å². The van der Waals surface area contributed by atoms with E-state index >= 15 is 0 Å². The third-order valence-corrected chi connectivity index (χ3v) is 44.2. The maximum atomic E-state index is 7.53. The molecule has 0 bridgehead atoms. The number of rotatable bonds is 5. The van der Waals surface area contributed by atoms with E-state index in [9.17, 15) is 0 Å². The Morgan fingerprint density at radius 1 is 1.10 bits per heavy atom. The Morgan fingerprint density at radius 2 is 1.60 bits per heavy atom. The number of allylic oxidation sites excluding steroid dienone is 10. The Balaban J connectivity index is 2.81. The molecule has 0 heterocycles. The van der Waals surface area contributed by atoms with Crippen LogP contribution in [0.5, 0.6) is 0 Å². The van der Waals surface area contributed by atoms with Crippen molar-refractivity contribution in [3.63, 3.8) is 0 Å². The van der Waals surface area contributed by atoms with Crippen molar-refractivity contribution < 1.29 is 15.0 Å². The molecule has 1 nitrogen and oxygen atoms in total. The Morgan fingerprint density at radius 3 is 1.90 bits per heavy atom. The minimum atomic E-state index is -5.20. The Bertz CT molecular complexity index is 570. The minimum absolute atomic E-state index is 0.811. The van der Waals surface area contributed by atoms with Gasteiger partial charge in [-0.2, -0.15) is 0 Å². The zero-order valence-electron chi connectivity index (χ0n) is 12.0. The molecule has 0 atom stereocenters. The van der Waals surface area contributed by atoms with E-state index in [1.165, 1.54) is 0 Å². The van der Waals surface area contributed by atoms with Crippen LogP contribution in [-0.4, -0.2) is 17.0 Å². The van der Waals surface area contributed by atoms with E-state index in [0.29, 0.717) is 0 Å². The van der Waals surface area contributed by atoms with Gasteiger partial charge in [-0.05, 0) is 0 Å². The summed E-state index contributed by atoms with van der Waals surface area (Å²) in [7, 11) is 19.0. The SMILES string of the molecule is C=CC=[CH][Hf]([Cl])([Cl])([C]1=CC=CC1)([C]1=CC=CC1)[N](C)C. The van der Waals surface area contributed by atoms with Gasteiger partial charge in [0.15, 0.2) is 0 Å². The monoisotopic (exact) mass is 477 g/mol. The summed E-state index contributed by atoms with van der Waals surface area (Å²) >= 11 is -5.20. The standard InChI is InChI=1S/2C5H5.C4H5.C2H6N.2ClH.Hf/c2*1-2-4-5-3-1;1-3-4-2;1-3-2;;;/h2*1-3H,4H2;1,3-4H,2H2;1-2H3;2*1H;/q;;;-1;;;+3/p-2. The molecule has 0 spiro atoms. The van der Waals surface area contributed by atoms with Gasteiger partial charge < -0.3 is 0 Å². The third kappa shape index (κ3) is 1.96. The van der Waals surface area contributed by atoms with Crippen molar-refractivity contribution in [1.82, 2.24) is 2.89 Å². The molecular formula is C16H21Cl2HfN. The van der Waals surface area contributed by atoms with Gasteiger partial charge >= 0.3 is 128 Å². The van der Waals surface area contributed by atoms with Gasteiger partial charge in [0.1, 0.15) is 0 Å². The van der Waals surface area contributed by atoms with Crippen LogP contribution in [0.15, 0.2) is 65.7 Å². The van der Waals surface area contributed by atoms with Crippen molar-refractivity contribution in [3.8, 4) is 0 Å². The van der Waals surface area contributed by atoms with Crippen LogP contribution in [0.2, 0.25) is 0 Å². The first-order valence-electron chi connectivity index (χ1n) is 6.79. The topological polar surface area (TPSA) is 3.24 Å². The molecule has 4 heteroatoms. The molecule has 0 N–H and O–H groups in total. The summed E-state index contributed by atoms with van der Waals surface area (Å²) in [6, 6.07) is 0. The quantitative estimate of drug-likeness (QED) is 0.380. The number of nitrogens with zero attached hydrogens (tertiary/aromatic N) is 1. The molecule has 0 aromatic rings. The average molecular weight is 477 g/mol. The van der Waals surface area contributed by atoms with Gasteiger partial charge in [-0.1, -0.05) is 0 Å². The summed E-state index contributed by atoms with van der Waals surface area (Å²) in [6.07, 6.45) is 17.8. The Hall–Kier alpha value is -0.150. The second-order valence-electron chi connectivity index (χ2n) is 5.74. The van der Waals surface area contributed by atoms with Crippen LogP contribution in [-0.2, 0) is 15.0 Å². The molecular weight excluding hydrogens is 456 g/mol. The van der Waals surface area contributed by atoms with Gasteiger partial charge in [0.05, 0.1) is 0 Å². The van der Waals surface area contributed by atoms with E-state index < -0.39 is 15.0 Å². The molecule has 0 aromatic heterocycles. The summed E-state index contributed by atoms with van der Waals surface area (Å²) in [6.45, 7) is 3.78.